The minimum atomic E-state index is -3.31. The summed E-state index contributed by atoms with van der Waals surface area (Å²) in [6.07, 6.45) is 6.54. The van der Waals surface area contributed by atoms with Crippen molar-refractivity contribution in [3.8, 4) is 0 Å². The Labute approximate surface area is 166 Å². The number of fused-ring (bicyclic) bond motifs is 1. The highest BCUT2D eigenvalue weighted by Crippen LogP contribution is 2.96. The number of hydrogen-bond donors (Lipinski definition) is 1. The van der Waals surface area contributed by atoms with Crippen LogP contribution in [0.25, 0.3) is 10.9 Å². The molecule has 0 saturated heterocycles. The average molecular weight is 392 g/mol. The van der Waals surface area contributed by atoms with Gasteiger partial charge in [0.2, 0.25) is 0 Å². The molecule has 0 amide bonds. The smallest absolute Gasteiger partial charge is 0.181 e. The van der Waals surface area contributed by atoms with Crippen molar-refractivity contribution in [2.75, 3.05) is 0 Å². The third-order valence-electron chi connectivity index (χ3n) is 8.54. The van der Waals surface area contributed by atoms with Crippen LogP contribution < -0.4 is 0 Å². The van der Waals surface area contributed by atoms with E-state index in [0.717, 1.165) is 31.2 Å². The van der Waals surface area contributed by atoms with Crippen molar-refractivity contribution in [2.45, 2.75) is 55.1 Å². The van der Waals surface area contributed by atoms with Gasteiger partial charge in [-0.1, -0.05) is 35.9 Å². The van der Waals surface area contributed by atoms with Crippen molar-refractivity contribution in [2.24, 2.45) is 10.8 Å². The summed E-state index contributed by atoms with van der Waals surface area (Å²) in [6.45, 7) is 3.96. The standard InChI is InChI=1S/C24H25NO2S/c1-16-7-9-18(10-8-16)28(26,27)17(2)22-11-12-23(15-24(22,23)14-22)20-13-25-21-6-4-3-5-19(20)21/h3-10,13,17,25H,11-12,14-15H2,1-2H3. The first-order valence-electron chi connectivity index (χ1n) is 10.2. The first-order chi connectivity index (χ1) is 13.4. The lowest BCUT2D eigenvalue weighted by Crippen LogP contribution is -2.29. The van der Waals surface area contributed by atoms with Gasteiger partial charge in [-0.15, -0.1) is 0 Å². The third kappa shape index (κ3) is 1.74. The van der Waals surface area contributed by atoms with E-state index >= 15 is 0 Å². The summed E-state index contributed by atoms with van der Waals surface area (Å²) in [5.74, 6) is 0. The molecule has 3 nitrogen and oxygen atoms in total. The molecule has 1 heterocycles. The fourth-order valence-electron chi connectivity index (χ4n) is 6.86. The number of aromatic amines is 1. The largest absolute Gasteiger partial charge is 0.361 e. The summed E-state index contributed by atoms with van der Waals surface area (Å²) in [7, 11) is -3.31. The molecule has 1 spiro atoms. The second kappa shape index (κ2) is 4.91. The molecule has 4 heteroatoms. The lowest BCUT2D eigenvalue weighted by atomic mass is 9.90. The fourth-order valence-corrected chi connectivity index (χ4v) is 8.81. The first-order valence-corrected chi connectivity index (χ1v) is 11.8. The highest BCUT2D eigenvalue weighted by Gasteiger charge is 2.92. The molecule has 3 aliphatic carbocycles. The minimum Gasteiger partial charge on any atom is -0.361 e. The number of rotatable bonds is 4. The highest BCUT2D eigenvalue weighted by molar-refractivity contribution is 7.92. The van der Waals surface area contributed by atoms with Crippen LogP contribution in [0.15, 0.2) is 59.6 Å². The van der Waals surface area contributed by atoms with E-state index in [1.54, 1.807) is 12.1 Å². The van der Waals surface area contributed by atoms with Gasteiger partial charge in [0.15, 0.2) is 9.84 Å². The minimum absolute atomic E-state index is 0.0465. The Morgan fingerprint density at radius 3 is 2.46 bits per heavy atom. The SMILES string of the molecule is Cc1ccc(S(=O)(=O)C(C)C23CCC4(c5c[nH]c6ccccc56)CC42C3)cc1. The van der Waals surface area contributed by atoms with Crippen molar-refractivity contribution in [3.63, 3.8) is 0 Å². The topological polar surface area (TPSA) is 49.9 Å². The molecule has 0 radical (unpaired) electrons. The average Bonchev–Trinajstić information content (AvgIpc) is 3.45. The summed E-state index contributed by atoms with van der Waals surface area (Å²) in [6, 6.07) is 15.9. The Bertz CT molecular complexity index is 1220. The van der Waals surface area contributed by atoms with Gasteiger partial charge in [0.1, 0.15) is 0 Å². The van der Waals surface area contributed by atoms with E-state index < -0.39 is 9.84 Å². The number of aryl methyl sites for hydroxylation is 1. The number of aromatic nitrogens is 1. The van der Waals surface area contributed by atoms with Gasteiger partial charge in [-0.25, -0.2) is 8.42 Å². The van der Waals surface area contributed by atoms with Crippen LogP contribution >= 0.6 is 0 Å². The maximum atomic E-state index is 13.4. The van der Waals surface area contributed by atoms with Gasteiger partial charge in [-0.2, -0.15) is 0 Å². The second-order valence-electron chi connectivity index (χ2n) is 9.42. The Morgan fingerprint density at radius 2 is 1.75 bits per heavy atom. The van der Waals surface area contributed by atoms with Crippen LogP contribution in [-0.4, -0.2) is 18.7 Å². The van der Waals surface area contributed by atoms with Crippen molar-refractivity contribution >= 4 is 20.7 Å². The predicted molar refractivity (Wildman–Crippen MR) is 111 cm³/mol. The third-order valence-corrected chi connectivity index (χ3v) is 10.8. The second-order valence-corrected chi connectivity index (χ2v) is 11.7. The fraction of sp³-hybridized carbons (Fsp3) is 0.417. The molecule has 0 aliphatic heterocycles. The maximum absolute atomic E-state index is 13.4. The molecule has 1 aromatic heterocycles. The quantitative estimate of drug-likeness (QED) is 0.669. The van der Waals surface area contributed by atoms with Gasteiger partial charge in [0.05, 0.1) is 10.1 Å². The molecule has 3 aliphatic rings. The normalized spacial score (nSPS) is 34.1. The summed E-state index contributed by atoms with van der Waals surface area (Å²) in [4.78, 5) is 3.92. The summed E-state index contributed by atoms with van der Waals surface area (Å²) in [5, 5.41) is 0.994. The molecular weight excluding hydrogens is 366 g/mol. The molecule has 0 bridgehead atoms. The van der Waals surface area contributed by atoms with Crippen LogP contribution in [0.1, 0.15) is 43.7 Å². The van der Waals surface area contributed by atoms with Gasteiger partial charge in [-0.05, 0) is 74.1 Å². The number of hydrogen-bond acceptors (Lipinski definition) is 2. The van der Waals surface area contributed by atoms with E-state index in [2.05, 4.69) is 35.4 Å². The summed E-state index contributed by atoms with van der Waals surface area (Å²) >= 11 is 0. The van der Waals surface area contributed by atoms with Crippen molar-refractivity contribution < 1.29 is 8.42 Å². The van der Waals surface area contributed by atoms with E-state index in [1.165, 1.54) is 16.5 Å². The predicted octanol–water partition coefficient (Wildman–Crippen LogP) is 5.15. The molecule has 4 unspecified atom stereocenters. The van der Waals surface area contributed by atoms with Crippen LogP contribution in [0.3, 0.4) is 0 Å². The lowest BCUT2D eigenvalue weighted by molar-refractivity contribution is 0.422. The molecule has 2 aromatic carbocycles. The van der Waals surface area contributed by atoms with E-state index in [4.69, 9.17) is 0 Å². The van der Waals surface area contributed by atoms with Crippen molar-refractivity contribution in [3.05, 3.63) is 65.9 Å². The molecule has 28 heavy (non-hydrogen) atoms. The van der Waals surface area contributed by atoms with Crippen LogP contribution in [-0.2, 0) is 15.3 Å². The van der Waals surface area contributed by atoms with Gasteiger partial charge in [0.25, 0.3) is 0 Å². The van der Waals surface area contributed by atoms with Gasteiger partial charge in [0, 0.05) is 22.5 Å². The van der Waals surface area contributed by atoms with Crippen LogP contribution in [0.4, 0.5) is 0 Å². The zero-order valence-corrected chi connectivity index (χ0v) is 17.1. The van der Waals surface area contributed by atoms with E-state index in [1.807, 2.05) is 26.0 Å². The number of sulfone groups is 1. The van der Waals surface area contributed by atoms with Gasteiger partial charge in [-0.3, -0.25) is 0 Å². The first kappa shape index (κ1) is 16.8. The van der Waals surface area contributed by atoms with Crippen LogP contribution in [0.2, 0.25) is 0 Å². The van der Waals surface area contributed by atoms with Gasteiger partial charge < -0.3 is 4.98 Å². The zero-order valence-electron chi connectivity index (χ0n) is 16.3. The molecule has 4 atom stereocenters. The van der Waals surface area contributed by atoms with Gasteiger partial charge >= 0.3 is 0 Å². The monoisotopic (exact) mass is 391 g/mol. The molecule has 144 valence electrons. The molecule has 6 rings (SSSR count). The van der Waals surface area contributed by atoms with Crippen molar-refractivity contribution in [1.29, 1.82) is 0 Å². The molecule has 3 saturated carbocycles. The van der Waals surface area contributed by atoms with Crippen LogP contribution in [0.5, 0.6) is 0 Å². The Kier molecular flexibility index (Phi) is 2.95. The Morgan fingerprint density at radius 1 is 1.00 bits per heavy atom. The molecule has 1 N–H and O–H groups in total. The summed E-state index contributed by atoms with van der Waals surface area (Å²) in [5.41, 5.74) is 4.03. The number of benzene rings is 2. The number of para-hydroxylation sites is 1. The lowest BCUT2D eigenvalue weighted by Gasteiger charge is -2.23. The summed E-state index contributed by atoms with van der Waals surface area (Å²) < 4.78 is 26.8. The maximum Gasteiger partial charge on any atom is 0.181 e. The van der Waals surface area contributed by atoms with E-state index in [-0.39, 0.29) is 21.5 Å². The molecule has 3 fully saturated rings. The zero-order chi connectivity index (χ0) is 19.4. The number of nitrogens with one attached hydrogen (secondary N) is 1. The van der Waals surface area contributed by atoms with E-state index in [0.29, 0.717) is 4.90 Å². The molecular formula is C24H25NO2S. The van der Waals surface area contributed by atoms with Crippen LogP contribution in [0, 0.1) is 17.8 Å². The Balaban J connectivity index is 1.38. The highest BCUT2D eigenvalue weighted by atomic mass is 32.2. The molecule has 3 aromatic rings. The van der Waals surface area contributed by atoms with E-state index in [9.17, 15) is 8.42 Å². The van der Waals surface area contributed by atoms with Crippen molar-refractivity contribution in [1.82, 2.24) is 4.98 Å². The number of H-pyrrole nitrogens is 1. The Hall–Kier alpha value is -2.07.